The van der Waals surface area contributed by atoms with Crippen LogP contribution in [0.25, 0.3) is 11.0 Å². The second-order valence-corrected chi connectivity index (χ2v) is 9.70. The maximum Gasteiger partial charge on any atom is 0.275 e. The molecule has 0 radical (unpaired) electrons. The number of likely N-dealkylation sites (N-methyl/N-ethyl adjacent to an activating group) is 1. The molecule has 0 bridgehead atoms. The van der Waals surface area contributed by atoms with E-state index in [1.54, 1.807) is 32.3 Å². The first-order chi connectivity index (χ1) is 18.1. The monoisotopic (exact) mass is 526 g/mol. The number of halogens is 1. The molecule has 0 atom stereocenters. The lowest BCUT2D eigenvalue weighted by atomic mass is 10.1. The van der Waals surface area contributed by atoms with Crippen molar-refractivity contribution >= 4 is 28.5 Å². The fourth-order valence-electron chi connectivity index (χ4n) is 3.92. The number of rotatable bonds is 12. The fourth-order valence-corrected chi connectivity index (χ4v) is 3.92. The highest BCUT2D eigenvalue weighted by Crippen LogP contribution is 2.21. The van der Waals surface area contributed by atoms with Gasteiger partial charge in [0.25, 0.3) is 5.56 Å². The van der Waals surface area contributed by atoms with E-state index in [0.29, 0.717) is 47.9 Å². The summed E-state index contributed by atoms with van der Waals surface area (Å²) in [7, 11) is 4.85. The Morgan fingerprint density at radius 1 is 1.29 bits per heavy atom. The summed E-state index contributed by atoms with van der Waals surface area (Å²) in [4.78, 5) is 50.6. The first-order valence-electron chi connectivity index (χ1n) is 12.5. The average Bonchev–Trinajstić information content (AvgIpc) is 3.29. The number of anilines is 1. The maximum absolute atomic E-state index is 14.5. The minimum absolute atomic E-state index is 0.0289. The number of methoxy groups -OCH3 is 1. The van der Waals surface area contributed by atoms with Crippen molar-refractivity contribution < 1.29 is 18.7 Å². The van der Waals surface area contributed by atoms with E-state index in [1.165, 1.54) is 28.8 Å². The second-order valence-electron chi connectivity index (χ2n) is 9.70. The predicted octanol–water partition coefficient (Wildman–Crippen LogP) is 3.41. The Bertz CT molecular complexity index is 1380. The topological polar surface area (TPSA) is 122 Å². The van der Waals surface area contributed by atoms with Gasteiger partial charge in [-0.05, 0) is 43.4 Å². The van der Waals surface area contributed by atoms with E-state index < -0.39 is 11.4 Å². The number of allylic oxidation sites excluding steroid dienone is 1. The van der Waals surface area contributed by atoms with Crippen molar-refractivity contribution in [1.82, 2.24) is 24.4 Å². The zero-order valence-corrected chi connectivity index (χ0v) is 22.5. The molecule has 11 heteroatoms. The molecule has 0 unspecified atom stereocenters. The number of fused-ring (bicyclic) bond motifs is 1. The molecule has 2 N–H and O–H groups in total. The first kappa shape index (κ1) is 28.7. The lowest BCUT2D eigenvalue weighted by molar-refractivity contribution is -0.123. The third kappa shape index (κ3) is 7.34. The molecule has 2 amide bonds. The number of hydrogen-bond donors (Lipinski definition) is 2. The van der Waals surface area contributed by atoms with Crippen LogP contribution in [-0.4, -0.2) is 57.4 Å². The molecule has 204 valence electrons. The Kier molecular flexibility index (Phi) is 9.89. The van der Waals surface area contributed by atoms with Crippen LogP contribution in [0.5, 0.6) is 0 Å². The van der Waals surface area contributed by atoms with E-state index in [4.69, 9.17) is 4.74 Å². The van der Waals surface area contributed by atoms with E-state index >= 15 is 0 Å². The van der Waals surface area contributed by atoms with E-state index in [0.717, 1.165) is 0 Å². The summed E-state index contributed by atoms with van der Waals surface area (Å²) in [5, 5.41) is 2.68. The highest BCUT2D eigenvalue weighted by molar-refractivity contribution is 5.90. The molecule has 0 aromatic carbocycles. The van der Waals surface area contributed by atoms with Gasteiger partial charge < -0.3 is 24.5 Å². The Balaban J connectivity index is 1.79. The van der Waals surface area contributed by atoms with Crippen LogP contribution >= 0.6 is 0 Å². The van der Waals surface area contributed by atoms with Gasteiger partial charge in [0.1, 0.15) is 17.0 Å². The quantitative estimate of drug-likeness (QED) is 0.276. The van der Waals surface area contributed by atoms with E-state index in [9.17, 15) is 18.8 Å². The highest BCUT2D eigenvalue weighted by atomic mass is 19.1. The predicted molar refractivity (Wildman–Crippen MR) is 143 cm³/mol. The second kappa shape index (κ2) is 13.1. The van der Waals surface area contributed by atoms with Crippen LogP contribution in [0.15, 0.2) is 35.3 Å². The normalized spacial score (nSPS) is 11.6. The number of aromatic amines is 1. The third-order valence-electron chi connectivity index (χ3n) is 5.82. The zero-order valence-electron chi connectivity index (χ0n) is 22.5. The van der Waals surface area contributed by atoms with E-state index in [2.05, 4.69) is 20.3 Å². The maximum atomic E-state index is 14.5. The number of nitrogens with zero attached hydrogens (tertiary/aromatic N) is 4. The number of carbonyl (C=O) groups is 2. The lowest BCUT2D eigenvalue weighted by Crippen LogP contribution is -2.29. The molecule has 0 aliphatic heterocycles. The number of ether oxygens (including phenoxy) is 1. The van der Waals surface area contributed by atoms with Gasteiger partial charge in [-0.2, -0.15) is 0 Å². The number of H-pyrrole nitrogens is 1. The molecule has 0 fully saturated rings. The van der Waals surface area contributed by atoms with E-state index in [1.807, 2.05) is 13.8 Å². The van der Waals surface area contributed by atoms with Gasteiger partial charge in [-0.15, -0.1) is 0 Å². The smallest absolute Gasteiger partial charge is 0.275 e. The number of unbranched alkanes of at least 4 members (excludes halogenated alkanes) is 1. The van der Waals surface area contributed by atoms with Crippen LogP contribution in [0, 0.1) is 11.7 Å². The molecular formula is C27H35FN6O4. The highest BCUT2D eigenvalue weighted by Gasteiger charge is 2.17. The lowest BCUT2D eigenvalue weighted by Gasteiger charge is -2.14. The van der Waals surface area contributed by atoms with Gasteiger partial charge in [0.2, 0.25) is 11.8 Å². The van der Waals surface area contributed by atoms with Crippen molar-refractivity contribution in [3.63, 3.8) is 0 Å². The summed E-state index contributed by atoms with van der Waals surface area (Å²) in [6.07, 6.45) is 6.28. The van der Waals surface area contributed by atoms with Crippen molar-refractivity contribution in [3.8, 4) is 0 Å². The molecule has 0 spiro atoms. The van der Waals surface area contributed by atoms with Crippen LogP contribution in [0.1, 0.15) is 50.3 Å². The van der Waals surface area contributed by atoms with Gasteiger partial charge in [0.05, 0.1) is 30.6 Å². The van der Waals surface area contributed by atoms with Crippen LogP contribution in [0.3, 0.4) is 0 Å². The summed E-state index contributed by atoms with van der Waals surface area (Å²) in [6.45, 7) is 4.29. The number of nitrogens with one attached hydrogen (secondary N) is 2. The largest absolute Gasteiger partial charge is 0.378 e. The Hall–Kier alpha value is -3.86. The molecule has 3 aromatic rings. The summed E-state index contributed by atoms with van der Waals surface area (Å²) in [5.41, 5.74) is 1.68. The number of aromatic nitrogens is 4. The average molecular weight is 527 g/mol. The molecular weight excluding hydrogens is 491 g/mol. The Morgan fingerprint density at radius 2 is 2.05 bits per heavy atom. The summed E-state index contributed by atoms with van der Waals surface area (Å²) in [5.74, 6) is -0.266. The zero-order chi connectivity index (χ0) is 27.8. The van der Waals surface area contributed by atoms with Crippen molar-refractivity contribution in [1.29, 1.82) is 0 Å². The molecule has 38 heavy (non-hydrogen) atoms. The molecule has 3 heterocycles. The standard InChI is InChI=1S/C27H35FN6O4/c1-17(2)13-21-26-25(19(28)14-29-21)31-22(32-26)15-34-18(16-38-5)11-12-20(27(34)37)30-23(35)9-7-6-8-10-24(36)33(3)4/h8,10-12,14,17H,6-7,9,13,15-16H2,1-5H3,(H,30,35)(H,31,32)/b10-8+. The minimum atomic E-state index is -0.540. The van der Waals surface area contributed by atoms with Crippen molar-refractivity contribution in [3.05, 3.63) is 63.9 Å². The van der Waals surface area contributed by atoms with Crippen molar-refractivity contribution in [2.24, 2.45) is 5.92 Å². The number of hydrogen-bond acceptors (Lipinski definition) is 6. The Labute approximate surface area is 220 Å². The van der Waals surface area contributed by atoms with Gasteiger partial charge >= 0.3 is 0 Å². The molecule has 0 aliphatic carbocycles. The molecule has 10 nitrogen and oxygen atoms in total. The van der Waals surface area contributed by atoms with Gasteiger partial charge in [-0.1, -0.05) is 19.9 Å². The van der Waals surface area contributed by atoms with Gasteiger partial charge in [0, 0.05) is 33.3 Å². The van der Waals surface area contributed by atoms with Crippen LogP contribution in [0.2, 0.25) is 0 Å². The number of amides is 2. The fraction of sp³-hybridized carbons (Fsp3) is 0.444. The SMILES string of the molecule is COCc1ccc(NC(=O)CCC/C=C/C(=O)N(C)C)c(=O)n1Cc1nc2c(F)cnc(CC(C)C)c2[nH]1. The molecule has 0 saturated heterocycles. The van der Waals surface area contributed by atoms with Gasteiger partial charge in [-0.25, -0.2) is 9.37 Å². The van der Waals surface area contributed by atoms with Crippen LogP contribution in [-0.2, 0) is 33.9 Å². The van der Waals surface area contributed by atoms with Gasteiger partial charge in [-0.3, -0.25) is 19.4 Å². The molecule has 0 saturated carbocycles. The third-order valence-corrected chi connectivity index (χ3v) is 5.82. The minimum Gasteiger partial charge on any atom is -0.378 e. The Morgan fingerprint density at radius 3 is 2.74 bits per heavy atom. The summed E-state index contributed by atoms with van der Waals surface area (Å²) < 4.78 is 21.2. The molecule has 0 aliphatic rings. The van der Waals surface area contributed by atoms with E-state index in [-0.39, 0.29) is 42.6 Å². The number of carbonyl (C=O) groups excluding carboxylic acids is 2. The number of imidazole rings is 1. The summed E-state index contributed by atoms with van der Waals surface area (Å²) in [6, 6.07) is 3.24. The van der Waals surface area contributed by atoms with Gasteiger partial charge in [0.15, 0.2) is 5.82 Å². The van der Waals surface area contributed by atoms with Crippen molar-refractivity contribution in [2.45, 2.75) is 52.7 Å². The summed E-state index contributed by atoms with van der Waals surface area (Å²) >= 11 is 0. The first-order valence-corrected chi connectivity index (χ1v) is 12.5. The van der Waals surface area contributed by atoms with Crippen LogP contribution < -0.4 is 10.9 Å². The molecule has 3 aromatic heterocycles. The van der Waals surface area contributed by atoms with Crippen molar-refractivity contribution in [2.75, 3.05) is 26.5 Å². The molecule has 3 rings (SSSR count). The van der Waals surface area contributed by atoms with Crippen LogP contribution in [0.4, 0.5) is 10.1 Å². The number of pyridine rings is 2.